The Morgan fingerprint density at radius 1 is 0.750 bits per heavy atom. The summed E-state index contributed by atoms with van der Waals surface area (Å²) in [7, 11) is 0. The summed E-state index contributed by atoms with van der Waals surface area (Å²) in [6.07, 6.45) is 1.35. The SMILES string of the molecule is C=C1/C(=C2/C(=O)Cc3ccccc32)Cc2ccccc21.CC.CC. The molecule has 0 aliphatic heterocycles. The Hall–Kier alpha value is -2.41. The van der Waals surface area contributed by atoms with Crippen molar-refractivity contribution >= 4 is 16.9 Å². The third-order valence-corrected chi connectivity index (χ3v) is 4.29. The first-order chi connectivity index (χ1) is 11.8. The molecule has 2 aromatic rings. The summed E-state index contributed by atoms with van der Waals surface area (Å²) >= 11 is 0. The van der Waals surface area contributed by atoms with E-state index < -0.39 is 0 Å². The first kappa shape index (κ1) is 17.9. The van der Waals surface area contributed by atoms with Gasteiger partial charge in [0.25, 0.3) is 0 Å². The van der Waals surface area contributed by atoms with Gasteiger partial charge in [0.15, 0.2) is 5.78 Å². The van der Waals surface area contributed by atoms with Gasteiger partial charge in [0.05, 0.1) is 0 Å². The van der Waals surface area contributed by atoms with Crippen LogP contribution in [0, 0.1) is 0 Å². The number of Topliss-reactive ketones (excluding diaryl/α,β-unsaturated/α-hetero) is 1. The predicted octanol–water partition coefficient (Wildman–Crippen LogP) is 5.89. The molecule has 0 N–H and O–H groups in total. The van der Waals surface area contributed by atoms with Gasteiger partial charge in [-0.25, -0.2) is 0 Å². The van der Waals surface area contributed by atoms with Gasteiger partial charge in [0.1, 0.15) is 0 Å². The van der Waals surface area contributed by atoms with Crippen molar-refractivity contribution in [2.24, 2.45) is 0 Å². The van der Waals surface area contributed by atoms with Crippen LogP contribution >= 0.6 is 0 Å². The van der Waals surface area contributed by atoms with E-state index in [9.17, 15) is 4.79 Å². The molecule has 0 spiro atoms. The van der Waals surface area contributed by atoms with E-state index in [0.717, 1.165) is 34.3 Å². The largest absolute Gasteiger partial charge is 0.294 e. The van der Waals surface area contributed by atoms with Crippen molar-refractivity contribution in [1.29, 1.82) is 0 Å². The minimum Gasteiger partial charge on any atom is -0.294 e. The Labute approximate surface area is 145 Å². The Bertz CT molecular complexity index is 793. The molecule has 4 rings (SSSR count). The minimum atomic E-state index is 0.232. The molecule has 124 valence electrons. The number of hydrogen-bond acceptors (Lipinski definition) is 1. The molecule has 0 radical (unpaired) electrons. The van der Waals surface area contributed by atoms with Crippen molar-refractivity contribution in [3.63, 3.8) is 0 Å². The van der Waals surface area contributed by atoms with Gasteiger partial charge in [0, 0.05) is 12.0 Å². The zero-order valence-electron chi connectivity index (χ0n) is 15.1. The lowest BCUT2D eigenvalue weighted by Gasteiger charge is -2.06. The number of ketones is 1. The fourth-order valence-electron chi connectivity index (χ4n) is 3.33. The zero-order valence-corrected chi connectivity index (χ0v) is 15.1. The van der Waals surface area contributed by atoms with E-state index in [1.54, 1.807) is 0 Å². The van der Waals surface area contributed by atoms with Crippen LogP contribution in [0.15, 0.2) is 60.7 Å². The van der Waals surface area contributed by atoms with Crippen LogP contribution in [0.3, 0.4) is 0 Å². The molecule has 0 heterocycles. The van der Waals surface area contributed by atoms with Gasteiger partial charge < -0.3 is 0 Å². The summed E-state index contributed by atoms with van der Waals surface area (Å²) in [6.45, 7) is 12.2. The second-order valence-electron chi connectivity index (χ2n) is 5.42. The Kier molecular flexibility index (Phi) is 5.92. The molecule has 0 aromatic heterocycles. The fraction of sp³-hybridized carbons (Fsp3) is 0.261. The third-order valence-electron chi connectivity index (χ3n) is 4.29. The molecule has 0 bridgehead atoms. The first-order valence-corrected chi connectivity index (χ1v) is 8.88. The topological polar surface area (TPSA) is 17.1 Å². The van der Waals surface area contributed by atoms with E-state index >= 15 is 0 Å². The normalized spacial score (nSPS) is 17.3. The first-order valence-electron chi connectivity index (χ1n) is 8.88. The maximum absolute atomic E-state index is 12.4. The molecule has 0 atom stereocenters. The van der Waals surface area contributed by atoms with Crippen LogP contribution in [0.4, 0.5) is 0 Å². The molecule has 1 nitrogen and oxygen atoms in total. The Balaban J connectivity index is 0.000000487. The maximum Gasteiger partial charge on any atom is 0.168 e. The molecule has 0 saturated carbocycles. The van der Waals surface area contributed by atoms with Gasteiger partial charge in [-0.15, -0.1) is 0 Å². The molecule has 24 heavy (non-hydrogen) atoms. The minimum absolute atomic E-state index is 0.232. The Morgan fingerprint density at radius 2 is 1.25 bits per heavy atom. The summed E-state index contributed by atoms with van der Waals surface area (Å²) in [5.41, 5.74) is 7.72. The van der Waals surface area contributed by atoms with Crippen molar-refractivity contribution < 1.29 is 4.79 Å². The second-order valence-corrected chi connectivity index (χ2v) is 5.42. The standard InChI is InChI=1S/C19H14O.2C2H6/c1-12-15-8-4-2-6-13(15)10-17(12)19-16-9-5-3-7-14(16)11-18(19)20;2*1-2/h2-9H,1,10-11H2;2*1-2H3/b19-17+;;. The molecule has 2 aliphatic carbocycles. The summed E-state index contributed by atoms with van der Waals surface area (Å²) in [5.74, 6) is 0.232. The zero-order chi connectivity index (χ0) is 17.7. The van der Waals surface area contributed by atoms with Gasteiger partial charge in [-0.05, 0) is 39.8 Å². The van der Waals surface area contributed by atoms with Crippen molar-refractivity contribution in [2.75, 3.05) is 0 Å². The van der Waals surface area contributed by atoms with E-state index in [1.807, 2.05) is 58.0 Å². The van der Waals surface area contributed by atoms with Crippen LogP contribution in [0.5, 0.6) is 0 Å². The number of rotatable bonds is 0. The van der Waals surface area contributed by atoms with Crippen molar-refractivity contribution in [1.82, 2.24) is 0 Å². The smallest absolute Gasteiger partial charge is 0.168 e. The third kappa shape index (κ3) is 2.99. The van der Waals surface area contributed by atoms with Crippen LogP contribution in [0.25, 0.3) is 11.1 Å². The average Bonchev–Trinajstić information content (AvgIpc) is 3.15. The molecule has 0 fully saturated rings. The van der Waals surface area contributed by atoms with E-state index in [-0.39, 0.29) is 5.78 Å². The van der Waals surface area contributed by atoms with Crippen LogP contribution < -0.4 is 0 Å². The van der Waals surface area contributed by atoms with E-state index in [1.165, 1.54) is 11.1 Å². The van der Waals surface area contributed by atoms with Crippen LogP contribution in [-0.2, 0) is 17.6 Å². The van der Waals surface area contributed by atoms with Crippen molar-refractivity contribution in [2.45, 2.75) is 40.5 Å². The number of hydrogen-bond donors (Lipinski definition) is 0. The van der Waals surface area contributed by atoms with Crippen molar-refractivity contribution in [3.05, 3.63) is 82.9 Å². The lowest BCUT2D eigenvalue weighted by Crippen LogP contribution is -1.98. The number of carbonyl (C=O) groups is 1. The number of benzene rings is 2. The van der Waals surface area contributed by atoms with Crippen molar-refractivity contribution in [3.8, 4) is 0 Å². The van der Waals surface area contributed by atoms with Gasteiger partial charge in [-0.2, -0.15) is 0 Å². The van der Waals surface area contributed by atoms with Crippen LogP contribution in [-0.4, -0.2) is 5.78 Å². The van der Waals surface area contributed by atoms with Crippen LogP contribution in [0.1, 0.15) is 49.9 Å². The maximum atomic E-state index is 12.4. The quantitative estimate of drug-likeness (QED) is 0.554. The highest BCUT2D eigenvalue weighted by atomic mass is 16.1. The number of fused-ring (bicyclic) bond motifs is 2. The summed E-state index contributed by atoms with van der Waals surface area (Å²) < 4.78 is 0. The summed E-state index contributed by atoms with van der Waals surface area (Å²) in [4.78, 5) is 12.4. The fourth-order valence-corrected chi connectivity index (χ4v) is 3.33. The number of carbonyl (C=O) groups excluding carboxylic acids is 1. The van der Waals surface area contributed by atoms with Gasteiger partial charge in [-0.1, -0.05) is 82.8 Å². The van der Waals surface area contributed by atoms with Crippen LogP contribution in [0.2, 0.25) is 0 Å². The molecule has 0 amide bonds. The molecule has 1 heteroatoms. The summed E-state index contributed by atoms with van der Waals surface area (Å²) in [6, 6.07) is 16.4. The van der Waals surface area contributed by atoms with Gasteiger partial charge >= 0.3 is 0 Å². The monoisotopic (exact) mass is 318 g/mol. The number of allylic oxidation sites excluding steroid dienone is 3. The average molecular weight is 318 g/mol. The van der Waals surface area contributed by atoms with Gasteiger partial charge in [-0.3, -0.25) is 4.79 Å². The molecular weight excluding hydrogens is 292 g/mol. The molecule has 0 unspecified atom stereocenters. The predicted molar refractivity (Wildman–Crippen MR) is 104 cm³/mol. The summed E-state index contributed by atoms with van der Waals surface area (Å²) in [5, 5.41) is 0. The van der Waals surface area contributed by atoms with E-state index in [0.29, 0.717) is 6.42 Å². The highest BCUT2D eigenvalue weighted by Gasteiger charge is 2.31. The molecule has 0 saturated heterocycles. The lowest BCUT2D eigenvalue weighted by atomic mass is 9.96. The second kappa shape index (κ2) is 7.92. The Morgan fingerprint density at radius 3 is 1.83 bits per heavy atom. The molecule has 2 aromatic carbocycles. The molecule has 2 aliphatic rings. The lowest BCUT2D eigenvalue weighted by molar-refractivity contribution is -0.112. The molecular formula is C23H26O. The highest BCUT2D eigenvalue weighted by molar-refractivity contribution is 6.28. The highest BCUT2D eigenvalue weighted by Crippen LogP contribution is 2.42. The van der Waals surface area contributed by atoms with E-state index in [4.69, 9.17) is 0 Å². The van der Waals surface area contributed by atoms with E-state index in [2.05, 4.69) is 24.8 Å². The van der Waals surface area contributed by atoms with Gasteiger partial charge in [0.2, 0.25) is 0 Å².